The molecule has 3 N–H and O–H groups in total. The third-order valence-electron chi connectivity index (χ3n) is 2.89. The summed E-state index contributed by atoms with van der Waals surface area (Å²) < 4.78 is 13.4. The van der Waals surface area contributed by atoms with Crippen LogP contribution in [0.25, 0.3) is 0 Å². The lowest BCUT2D eigenvalue weighted by molar-refractivity contribution is 0.285. The monoisotopic (exact) mass is 229 g/mol. The molecule has 1 aromatic heterocycles. The molecule has 2 rings (SSSR count). The highest BCUT2D eigenvalue weighted by atomic mass is 35.5. The first-order valence-corrected chi connectivity index (χ1v) is 5.32. The topological polar surface area (TPSA) is 50.9 Å². The lowest BCUT2D eigenvalue weighted by Crippen LogP contribution is -2.51. The molecule has 1 aromatic rings. The predicted molar refractivity (Wildman–Crippen MR) is 58.5 cm³/mol. The minimum atomic E-state index is -0.428. The first-order valence-electron chi connectivity index (χ1n) is 4.94. The van der Waals surface area contributed by atoms with Crippen molar-refractivity contribution >= 4 is 17.4 Å². The molecule has 15 heavy (non-hydrogen) atoms. The third kappa shape index (κ3) is 2.06. The average Bonchev–Trinajstić information content (AvgIpc) is 2.14. The van der Waals surface area contributed by atoms with Crippen LogP contribution in [-0.2, 0) is 0 Å². The fraction of sp³-hybridized carbons (Fsp3) is 0.500. The predicted octanol–water partition coefficient (Wildman–Crippen LogP) is 2.17. The lowest BCUT2D eigenvalue weighted by Gasteiger charge is -2.42. The van der Waals surface area contributed by atoms with Crippen molar-refractivity contribution in [3.63, 3.8) is 0 Å². The van der Waals surface area contributed by atoms with Crippen LogP contribution in [0.5, 0.6) is 0 Å². The Bertz CT molecular complexity index is 360. The van der Waals surface area contributed by atoms with Crippen LogP contribution in [0, 0.1) is 5.82 Å². The Morgan fingerprint density at radius 2 is 2.33 bits per heavy atom. The van der Waals surface area contributed by atoms with Crippen LogP contribution < -0.4 is 11.1 Å². The quantitative estimate of drug-likeness (QED) is 0.835. The summed E-state index contributed by atoms with van der Waals surface area (Å²) in [4.78, 5) is 3.92. The Kier molecular flexibility index (Phi) is 2.80. The van der Waals surface area contributed by atoms with Crippen molar-refractivity contribution in [1.82, 2.24) is 4.98 Å². The van der Waals surface area contributed by atoms with Crippen LogP contribution in [0.2, 0.25) is 5.02 Å². The summed E-state index contributed by atoms with van der Waals surface area (Å²) in [6, 6.07) is 1.25. The SMILES string of the molecule is NCC1(Nc2ncc(Cl)cc2F)CCC1. The zero-order chi connectivity index (χ0) is 10.9. The number of aromatic nitrogens is 1. The first kappa shape index (κ1) is 10.6. The molecule has 0 spiro atoms. The fourth-order valence-corrected chi connectivity index (χ4v) is 1.89. The molecule has 82 valence electrons. The molecular formula is C10H13ClFN3. The second-order valence-electron chi connectivity index (χ2n) is 3.95. The molecule has 0 radical (unpaired) electrons. The molecule has 0 amide bonds. The third-order valence-corrected chi connectivity index (χ3v) is 3.10. The van der Waals surface area contributed by atoms with Gasteiger partial charge in [0.05, 0.1) is 10.6 Å². The van der Waals surface area contributed by atoms with Crippen molar-refractivity contribution in [2.75, 3.05) is 11.9 Å². The van der Waals surface area contributed by atoms with Crippen LogP contribution in [-0.4, -0.2) is 17.1 Å². The zero-order valence-corrected chi connectivity index (χ0v) is 9.02. The summed E-state index contributed by atoms with van der Waals surface area (Å²) in [5.41, 5.74) is 5.49. The number of anilines is 1. The lowest BCUT2D eigenvalue weighted by atomic mass is 9.77. The number of nitrogens with one attached hydrogen (secondary N) is 1. The van der Waals surface area contributed by atoms with Crippen molar-refractivity contribution in [2.45, 2.75) is 24.8 Å². The molecule has 1 heterocycles. The standard InChI is InChI=1S/C10H13ClFN3/c11-7-4-8(12)9(14-5-7)15-10(6-13)2-1-3-10/h4-5H,1-3,6,13H2,(H,14,15). The zero-order valence-electron chi connectivity index (χ0n) is 8.26. The Balaban J connectivity index is 2.16. The maximum Gasteiger partial charge on any atom is 0.166 e. The highest BCUT2D eigenvalue weighted by Crippen LogP contribution is 2.34. The van der Waals surface area contributed by atoms with Crippen LogP contribution in [0.15, 0.2) is 12.3 Å². The number of nitrogens with two attached hydrogens (primary N) is 1. The van der Waals surface area contributed by atoms with E-state index in [1.807, 2.05) is 0 Å². The van der Waals surface area contributed by atoms with Gasteiger partial charge in [-0.15, -0.1) is 0 Å². The molecule has 0 aromatic carbocycles. The number of hydrogen-bond acceptors (Lipinski definition) is 3. The molecule has 3 nitrogen and oxygen atoms in total. The van der Waals surface area contributed by atoms with Gasteiger partial charge in [-0.3, -0.25) is 0 Å². The van der Waals surface area contributed by atoms with E-state index in [4.69, 9.17) is 17.3 Å². The van der Waals surface area contributed by atoms with E-state index >= 15 is 0 Å². The highest BCUT2D eigenvalue weighted by molar-refractivity contribution is 6.30. The van der Waals surface area contributed by atoms with Gasteiger partial charge < -0.3 is 11.1 Å². The van der Waals surface area contributed by atoms with Gasteiger partial charge in [-0.25, -0.2) is 9.37 Å². The fourth-order valence-electron chi connectivity index (χ4n) is 1.74. The van der Waals surface area contributed by atoms with Crippen LogP contribution >= 0.6 is 11.6 Å². The van der Waals surface area contributed by atoms with E-state index in [0.29, 0.717) is 11.6 Å². The minimum absolute atomic E-state index is 0.165. The van der Waals surface area contributed by atoms with Crippen molar-refractivity contribution < 1.29 is 4.39 Å². The number of pyridine rings is 1. The van der Waals surface area contributed by atoms with Crippen LogP contribution in [0.3, 0.4) is 0 Å². The van der Waals surface area contributed by atoms with Crippen molar-refractivity contribution in [2.24, 2.45) is 5.73 Å². The molecule has 1 aliphatic carbocycles. The maximum absolute atomic E-state index is 13.4. The summed E-state index contributed by atoms with van der Waals surface area (Å²) in [7, 11) is 0. The van der Waals surface area contributed by atoms with Crippen LogP contribution in [0.1, 0.15) is 19.3 Å². The average molecular weight is 230 g/mol. The van der Waals surface area contributed by atoms with E-state index in [0.717, 1.165) is 19.3 Å². The second kappa shape index (κ2) is 3.94. The number of hydrogen-bond donors (Lipinski definition) is 2. The summed E-state index contributed by atoms with van der Waals surface area (Å²) in [5, 5.41) is 3.37. The van der Waals surface area contributed by atoms with Gasteiger partial charge >= 0.3 is 0 Å². The summed E-state index contributed by atoms with van der Waals surface area (Å²) in [5.74, 6) is -0.188. The van der Waals surface area contributed by atoms with E-state index in [-0.39, 0.29) is 11.4 Å². The molecule has 1 aliphatic rings. The van der Waals surface area contributed by atoms with Gasteiger partial charge in [0.2, 0.25) is 0 Å². The Morgan fingerprint density at radius 3 is 2.80 bits per heavy atom. The molecule has 0 saturated heterocycles. The van der Waals surface area contributed by atoms with Gasteiger partial charge in [0.15, 0.2) is 11.6 Å². The summed E-state index contributed by atoms with van der Waals surface area (Å²) >= 11 is 5.61. The maximum atomic E-state index is 13.4. The number of nitrogens with zero attached hydrogens (tertiary/aromatic N) is 1. The molecule has 0 bridgehead atoms. The molecular weight excluding hydrogens is 217 g/mol. The van der Waals surface area contributed by atoms with Crippen molar-refractivity contribution in [3.05, 3.63) is 23.1 Å². The molecule has 0 aliphatic heterocycles. The van der Waals surface area contributed by atoms with Gasteiger partial charge in [0.25, 0.3) is 0 Å². The molecule has 0 atom stereocenters. The van der Waals surface area contributed by atoms with Gasteiger partial charge in [-0.05, 0) is 25.3 Å². The Labute approximate surface area is 92.8 Å². The van der Waals surface area contributed by atoms with E-state index in [9.17, 15) is 4.39 Å². The Hall–Kier alpha value is -0.870. The van der Waals surface area contributed by atoms with Gasteiger partial charge in [-0.1, -0.05) is 11.6 Å². The van der Waals surface area contributed by atoms with E-state index in [1.165, 1.54) is 12.3 Å². The minimum Gasteiger partial charge on any atom is -0.361 e. The summed E-state index contributed by atoms with van der Waals surface area (Å²) in [6.07, 6.45) is 4.48. The molecule has 5 heteroatoms. The summed E-state index contributed by atoms with van der Waals surface area (Å²) in [6.45, 7) is 0.497. The van der Waals surface area contributed by atoms with Gasteiger partial charge in [0, 0.05) is 12.7 Å². The number of rotatable bonds is 3. The molecule has 1 saturated carbocycles. The highest BCUT2D eigenvalue weighted by Gasteiger charge is 2.36. The Morgan fingerprint density at radius 1 is 1.60 bits per heavy atom. The smallest absolute Gasteiger partial charge is 0.166 e. The van der Waals surface area contributed by atoms with E-state index < -0.39 is 5.82 Å². The molecule has 1 fully saturated rings. The molecule has 0 unspecified atom stereocenters. The number of halogens is 2. The van der Waals surface area contributed by atoms with Gasteiger partial charge in [-0.2, -0.15) is 0 Å². The van der Waals surface area contributed by atoms with Gasteiger partial charge in [0.1, 0.15) is 0 Å². The van der Waals surface area contributed by atoms with Crippen molar-refractivity contribution in [1.29, 1.82) is 0 Å². The van der Waals surface area contributed by atoms with Crippen molar-refractivity contribution in [3.8, 4) is 0 Å². The normalized spacial score (nSPS) is 18.3. The second-order valence-corrected chi connectivity index (χ2v) is 4.38. The first-order chi connectivity index (χ1) is 7.15. The largest absolute Gasteiger partial charge is 0.361 e. The van der Waals surface area contributed by atoms with E-state index in [1.54, 1.807) is 0 Å². The van der Waals surface area contributed by atoms with Crippen LogP contribution in [0.4, 0.5) is 10.2 Å². The van der Waals surface area contributed by atoms with E-state index in [2.05, 4.69) is 10.3 Å².